The van der Waals surface area contributed by atoms with Crippen molar-refractivity contribution >= 4 is 22.0 Å². The molecule has 64 valence electrons. The van der Waals surface area contributed by atoms with Crippen molar-refractivity contribution in [1.29, 1.82) is 0 Å². The summed E-state index contributed by atoms with van der Waals surface area (Å²) in [7, 11) is 0. The van der Waals surface area contributed by atoms with Crippen molar-refractivity contribution in [3.05, 3.63) is 40.1 Å². The van der Waals surface area contributed by atoms with Crippen molar-refractivity contribution in [3.63, 3.8) is 0 Å². The molecule has 0 unspecified atom stereocenters. The number of hydrogen-bond acceptors (Lipinski definition) is 1. The van der Waals surface area contributed by atoms with Gasteiger partial charge in [0.15, 0.2) is 0 Å². The molecule has 0 saturated carbocycles. The molecule has 0 fully saturated rings. The molecule has 0 spiro atoms. The van der Waals surface area contributed by atoms with E-state index in [1.807, 2.05) is 0 Å². The minimum Gasteiger partial charge on any atom is -0.392 e. The highest BCUT2D eigenvalue weighted by Gasteiger charge is 1.97. The summed E-state index contributed by atoms with van der Waals surface area (Å²) < 4.78 is 13.7. The van der Waals surface area contributed by atoms with Crippen LogP contribution in [0.15, 0.2) is 28.7 Å². The minimum absolute atomic E-state index is 0.0739. The molecule has 1 aromatic rings. The van der Waals surface area contributed by atoms with Gasteiger partial charge in [0.2, 0.25) is 0 Å². The second-order valence-electron chi connectivity index (χ2n) is 2.25. The van der Waals surface area contributed by atoms with Gasteiger partial charge in [-0.3, -0.25) is 0 Å². The third-order valence-corrected chi connectivity index (χ3v) is 1.86. The topological polar surface area (TPSA) is 20.2 Å². The van der Waals surface area contributed by atoms with Gasteiger partial charge in [-0.2, -0.15) is 0 Å². The van der Waals surface area contributed by atoms with E-state index in [0.717, 1.165) is 0 Å². The van der Waals surface area contributed by atoms with Crippen molar-refractivity contribution in [3.8, 4) is 0 Å². The van der Waals surface area contributed by atoms with Gasteiger partial charge in [-0.05, 0) is 12.1 Å². The Hall–Kier alpha value is -0.670. The summed E-state index contributed by atoms with van der Waals surface area (Å²) >= 11 is 3.15. The molecule has 0 atom stereocenters. The summed E-state index contributed by atoms with van der Waals surface area (Å²) in [5.41, 5.74) is 0.479. The summed E-state index contributed by atoms with van der Waals surface area (Å²) in [6.45, 7) is -0.0739. The quantitative estimate of drug-likeness (QED) is 0.829. The summed E-state index contributed by atoms with van der Waals surface area (Å²) in [6, 6.07) is 4.78. The molecular formula is C9H8BrFO. The Kier molecular flexibility index (Phi) is 3.44. The van der Waals surface area contributed by atoms with Crippen molar-refractivity contribution < 1.29 is 9.50 Å². The largest absolute Gasteiger partial charge is 0.392 e. The lowest BCUT2D eigenvalue weighted by Gasteiger charge is -1.96. The Morgan fingerprint density at radius 1 is 1.50 bits per heavy atom. The van der Waals surface area contributed by atoms with Crippen molar-refractivity contribution in [2.75, 3.05) is 6.61 Å². The zero-order chi connectivity index (χ0) is 8.97. The normalized spacial score (nSPS) is 10.9. The van der Waals surface area contributed by atoms with Gasteiger partial charge in [0.1, 0.15) is 5.82 Å². The Labute approximate surface area is 78.7 Å². The van der Waals surface area contributed by atoms with E-state index in [-0.39, 0.29) is 12.4 Å². The van der Waals surface area contributed by atoms with Crippen molar-refractivity contribution in [2.24, 2.45) is 0 Å². The zero-order valence-electron chi connectivity index (χ0n) is 6.30. The highest BCUT2D eigenvalue weighted by Crippen LogP contribution is 2.15. The van der Waals surface area contributed by atoms with E-state index in [1.54, 1.807) is 18.2 Å². The van der Waals surface area contributed by atoms with Crippen LogP contribution in [0.5, 0.6) is 0 Å². The molecule has 0 aliphatic rings. The molecule has 0 radical (unpaired) electrons. The first-order chi connectivity index (χ1) is 5.74. The summed E-state index contributed by atoms with van der Waals surface area (Å²) in [6.07, 6.45) is 3.04. The third-order valence-electron chi connectivity index (χ3n) is 1.37. The molecule has 0 aliphatic heterocycles. The average Bonchev–Trinajstić information content (AvgIpc) is 2.03. The van der Waals surface area contributed by atoms with E-state index in [1.165, 1.54) is 12.1 Å². The summed E-state index contributed by atoms with van der Waals surface area (Å²) in [4.78, 5) is 0. The first-order valence-electron chi connectivity index (χ1n) is 3.46. The zero-order valence-corrected chi connectivity index (χ0v) is 7.88. The Balaban J connectivity index is 2.94. The first kappa shape index (κ1) is 9.42. The molecule has 0 bridgehead atoms. The van der Waals surface area contributed by atoms with Crippen LogP contribution >= 0.6 is 15.9 Å². The number of hydrogen-bond donors (Lipinski definition) is 1. The number of aliphatic hydroxyl groups excluding tert-OH is 1. The third kappa shape index (κ3) is 2.43. The van der Waals surface area contributed by atoms with E-state index in [4.69, 9.17) is 5.11 Å². The molecular weight excluding hydrogens is 223 g/mol. The average molecular weight is 231 g/mol. The lowest BCUT2D eigenvalue weighted by atomic mass is 10.2. The molecule has 1 rings (SSSR count). The van der Waals surface area contributed by atoms with Gasteiger partial charge in [-0.15, -0.1) is 0 Å². The van der Waals surface area contributed by atoms with Gasteiger partial charge in [-0.1, -0.05) is 34.1 Å². The van der Waals surface area contributed by atoms with E-state index < -0.39 is 0 Å². The van der Waals surface area contributed by atoms with Gasteiger partial charge in [0.25, 0.3) is 0 Å². The molecule has 1 N–H and O–H groups in total. The fourth-order valence-electron chi connectivity index (χ4n) is 0.816. The van der Waals surface area contributed by atoms with E-state index >= 15 is 0 Å². The number of halogens is 2. The second-order valence-corrected chi connectivity index (χ2v) is 3.17. The van der Waals surface area contributed by atoms with Crippen LogP contribution in [0.4, 0.5) is 4.39 Å². The summed E-state index contributed by atoms with van der Waals surface area (Å²) in [5.74, 6) is -0.297. The Morgan fingerprint density at radius 3 is 2.83 bits per heavy atom. The van der Waals surface area contributed by atoms with Gasteiger partial charge in [-0.25, -0.2) is 4.39 Å². The summed E-state index contributed by atoms with van der Waals surface area (Å²) in [5, 5.41) is 8.45. The second kappa shape index (κ2) is 4.38. The van der Waals surface area contributed by atoms with Gasteiger partial charge in [0, 0.05) is 10.0 Å². The monoisotopic (exact) mass is 230 g/mol. The predicted molar refractivity (Wildman–Crippen MR) is 50.2 cm³/mol. The van der Waals surface area contributed by atoms with Crippen LogP contribution in [0, 0.1) is 5.82 Å². The first-order valence-corrected chi connectivity index (χ1v) is 4.26. The van der Waals surface area contributed by atoms with Crippen LogP contribution in [0.3, 0.4) is 0 Å². The number of rotatable bonds is 2. The number of aliphatic hydroxyl groups is 1. The number of benzene rings is 1. The molecule has 0 aliphatic carbocycles. The maximum Gasteiger partial charge on any atom is 0.131 e. The molecule has 0 aromatic heterocycles. The smallest absolute Gasteiger partial charge is 0.131 e. The molecule has 12 heavy (non-hydrogen) atoms. The highest BCUT2D eigenvalue weighted by molar-refractivity contribution is 9.10. The highest BCUT2D eigenvalue weighted by atomic mass is 79.9. The van der Waals surface area contributed by atoms with Gasteiger partial charge < -0.3 is 5.11 Å². The maximum absolute atomic E-state index is 13.0. The van der Waals surface area contributed by atoms with Gasteiger partial charge in [0.05, 0.1) is 6.61 Å². The van der Waals surface area contributed by atoms with E-state index in [9.17, 15) is 4.39 Å². The fraction of sp³-hybridized carbons (Fsp3) is 0.111. The molecule has 1 nitrogen and oxygen atoms in total. The van der Waals surface area contributed by atoms with Crippen LogP contribution in [0.25, 0.3) is 6.08 Å². The molecule has 0 amide bonds. The van der Waals surface area contributed by atoms with Crippen LogP contribution in [-0.2, 0) is 0 Å². The van der Waals surface area contributed by atoms with Crippen LogP contribution in [-0.4, -0.2) is 11.7 Å². The lowest BCUT2D eigenvalue weighted by molar-refractivity contribution is 0.343. The van der Waals surface area contributed by atoms with Crippen LogP contribution < -0.4 is 0 Å². The van der Waals surface area contributed by atoms with Gasteiger partial charge >= 0.3 is 0 Å². The fourth-order valence-corrected chi connectivity index (χ4v) is 1.15. The van der Waals surface area contributed by atoms with E-state index in [2.05, 4.69) is 15.9 Å². The van der Waals surface area contributed by atoms with Crippen LogP contribution in [0.2, 0.25) is 0 Å². The molecule has 3 heteroatoms. The minimum atomic E-state index is -0.297. The Morgan fingerprint density at radius 2 is 2.25 bits per heavy atom. The molecule has 0 heterocycles. The van der Waals surface area contributed by atoms with Crippen molar-refractivity contribution in [1.82, 2.24) is 0 Å². The molecule has 1 aromatic carbocycles. The maximum atomic E-state index is 13.0. The van der Waals surface area contributed by atoms with Crippen LogP contribution in [0.1, 0.15) is 5.56 Å². The van der Waals surface area contributed by atoms with E-state index in [0.29, 0.717) is 10.0 Å². The van der Waals surface area contributed by atoms with Crippen molar-refractivity contribution in [2.45, 2.75) is 0 Å². The SMILES string of the molecule is OCC=Cc1ccc(Br)cc1F. The lowest BCUT2D eigenvalue weighted by Crippen LogP contribution is -1.81. The molecule has 0 saturated heterocycles. The Bertz CT molecular complexity index is 297. The predicted octanol–water partition coefficient (Wildman–Crippen LogP) is 2.59. The standard InChI is InChI=1S/C9H8BrFO/c10-8-4-3-7(2-1-5-12)9(11)6-8/h1-4,6,12H,5H2.